The minimum Gasteiger partial charge on any atom is -0.195 e. The highest BCUT2D eigenvalue weighted by Crippen LogP contribution is 2.11. The first kappa shape index (κ1) is 17.7. The molecule has 1 nitrogen and oxygen atoms in total. The zero-order valence-electron chi connectivity index (χ0n) is 13.8. The Morgan fingerprint density at radius 2 is 1.42 bits per heavy atom. The number of hydrogen-bond donors (Lipinski definition) is 0. The predicted octanol–water partition coefficient (Wildman–Crippen LogP) is 5.56. The minimum absolute atomic E-state index is 0.778. The van der Waals surface area contributed by atoms with E-state index in [-0.39, 0.29) is 0 Å². The van der Waals surface area contributed by atoms with E-state index in [0.29, 0.717) is 0 Å². The zero-order chi connectivity index (χ0) is 17.0. The molecule has 2 aromatic rings. The molecule has 24 heavy (non-hydrogen) atoms. The summed E-state index contributed by atoms with van der Waals surface area (Å²) in [7, 11) is 0. The summed E-state index contributed by atoms with van der Waals surface area (Å²) in [5, 5.41) is 2.34. The Morgan fingerprint density at radius 3 is 1.96 bits per heavy atom. The maximum absolute atomic E-state index is 4.57. The summed E-state index contributed by atoms with van der Waals surface area (Å²) in [5.74, 6) is 11.9. The fourth-order valence-electron chi connectivity index (χ4n) is 2.21. The van der Waals surface area contributed by atoms with Crippen LogP contribution in [-0.2, 0) is 6.42 Å². The van der Waals surface area contributed by atoms with E-state index in [1.54, 1.807) is 0 Å². The van der Waals surface area contributed by atoms with Gasteiger partial charge < -0.3 is 0 Å². The van der Waals surface area contributed by atoms with Crippen molar-refractivity contribution in [2.24, 2.45) is 4.99 Å². The van der Waals surface area contributed by atoms with Gasteiger partial charge in [0.05, 0.1) is 10.8 Å². The molecule has 118 valence electrons. The van der Waals surface area contributed by atoms with Gasteiger partial charge in [0, 0.05) is 11.1 Å². The number of aryl methyl sites for hydroxylation is 1. The van der Waals surface area contributed by atoms with E-state index >= 15 is 0 Å². The molecule has 0 radical (unpaired) electrons. The number of aliphatic imine (C=N–C) groups is 1. The number of hydrogen-bond acceptors (Lipinski definition) is 2. The van der Waals surface area contributed by atoms with Crippen molar-refractivity contribution >= 4 is 23.1 Å². The second-order valence-corrected chi connectivity index (χ2v) is 5.59. The van der Waals surface area contributed by atoms with E-state index in [0.717, 1.165) is 23.2 Å². The molecule has 0 fully saturated rings. The molecular formula is C22H19NS. The third-order valence-electron chi connectivity index (χ3n) is 3.54. The molecule has 2 aromatic carbocycles. The van der Waals surface area contributed by atoms with Crippen molar-refractivity contribution in [3.8, 4) is 23.7 Å². The number of benzene rings is 2. The molecule has 0 aliphatic heterocycles. The third kappa shape index (κ3) is 6.23. The monoisotopic (exact) mass is 329 g/mol. The normalized spacial score (nSPS) is 9.04. The lowest BCUT2D eigenvalue weighted by molar-refractivity contribution is 0.717. The first-order valence-corrected chi connectivity index (χ1v) is 8.51. The highest BCUT2D eigenvalue weighted by molar-refractivity contribution is 7.78. The van der Waals surface area contributed by atoms with Gasteiger partial charge in [-0.05, 0) is 78.9 Å². The Hall–Kier alpha value is -2.64. The van der Waals surface area contributed by atoms with Crippen molar-refractivity contribution in [1.82, 2.24) is 0 Å². The number of isothiocyanates is 1. The quantitative estimate of drug-likeness (QED) is 0.303. The van der Waals surface area contributed by atoms with Gasteiger partial charge in [-0.3, -0.25) is 0 Å². The molecule has 2 rings (SSSR count). The summed E-state index contributed by atoms with van der Waals surface area (Å²) in [6.07, 6.45) is 4.94. The Balaban J connectivity index is 1.94. The molecule has 0 spiro atoms. The van der Waals surface area contributed by atoms with Gasteiger partial charge in [-0.15, -0.1) is 0 Å². The van der Waals surface area contributed by atoms with Crippen molar-refractivity contribution in [1.29, 1.82) is 0 Å². The summed E-state index contributed by atoms with van der Waals surface area (Å²) in [5.41, 5.74) is 4.05. The van der Waals surface area contributed by atoms with Gasteiger partial charge in [0.2, 0.25) is 0 Å². The van der Waals surface area contributed by atoms with Crippen molar-refractivity contribution in [2.45, 2.75) is 32.6 Å². The Labute approximate surface area is 149 Å². The highest BCUT2D eigenvalue weighted by atomic mass is 32.1. The predicted molar refractivity (Wildman–Crippen MR) is 105 cm³/mol. The average Bonchev–Trinajstić information content (AvgIpc) is 2.62. The Kier molecular flexibility index (Phi) is 7.52. The lowest BCUT2D eigenvalue weighted by atomic mass is 10.1. The Bertz CT molecular complexity index is 818. The molecule has 0 saturated carbocycles. The van der Waals surface area contributed by atoms with Crippen LogP contribution in [0.5, 0.6) is 0 Å². The van der Waals surface area contributed by atoms with Gasteiger partial charge in [-0.2, -0.15) is 4.99 Å². The largest absolute Gasteiger partial charge is 0.195 e. The van der Waals surface area contributed by atoms with Crippen LogP contribution in [0.25, 0.3) is 0 Å². The van der Waals surface area contributed by atoms with Gasteiger partial charge in [0.15, 0.2) is 0 Å². The van der Waals surface area contributed by atoms with Gasteiger partial charge >= 0.3 is 0 Å². The summed E-state index contributed by atoms with van der Waals surface area (Å²) in [6.45, 7) is 2.22. The second kappa shape index (κ2) is 10.2. The fourth-order valence-corrected chi connectivity index (χ4v) is 2.32. The SMILES string of the molecule is CCCCCc1ccc(C#CC#Cc2ccc(N=C=S)cc2)cc1. The van der Waals surface area contributed by atoms with Gasteiger partial charge in [0.25, 0.3) is 0 Å². The van der Waals surface area contributed by atoms with Crippen LogP contribution in [-0.4, -0.2) is 5.16 Å². The molecule has 0 amide bonds. The van der Waals surface area contributed by atoms with Crippen molar-refractivity contribution in [2.75, 3.05) is 0 Å². The lowest BCUT2D eigenvalue weighted by Gasteiger charge is -2.00. The molecule has 0 bridgehead atoms. The maximum Gasteiger partial charge on any atom is 0.0740 e. The second-order valence-electron chi connectivity index (χ2n) is 5.40. The fraction of sp³-hybridized carbons (Fsp3) is 0.227. The van der Waals surface area contributed by atoms with E-state index < -0.39 is 0 Å². The maximum atomic E-state index is 4.57. The van der Waals surface area contributed by atoms with Gasteiger partial charge in [-0.1, -0.05) is 43.7 Å². The summed E-state index contributed by atoms with van der Waals surface area (Å²) in [6, 6.07) is 15.9. The van der Waals surface area contributed by atoms with E-state index in [1.807, 2.05) is 24.3 Å². The van der Waals surface area contributed by atoms with Crippen molar-refractivity contribution in [3.05, 3.63) is 65.2 Å². The summed E-state index contributed by atoms with van der Waals surface area (Å²) < 4.78 is 0. The first-order valence-electron chi connectivity index (χ1n) is 8.10. The smallest absolute Gasteiger partial charge is 0.0740 e. The van der Waals surface area contributed by atoms with Gasteiger partial charge in [-0.25, -0.2) is 0 Å². The summed E-state index contributed by atoms with van der Waals surface area (Å²) >= 11 is 4.57. The van der Waals surface area contributed by atoms with Crippen molar-refractivity contribution in [3.63, 3.8) is 0 Å². The molecule has 0 saturated heterocycles. The topological polar surface area (TPSA) is 12.4 Å². The molecule has 0 unspecified atom stereocenters. The molecule has 0 N–H and O–H groups in total. The first-order chi connectivity index (χ1) is 11.8. The number of unbranched alkanes of at least 4 members (excludes halogenated alkanes) is 2. The lowest BCUT2D eigenvalue weighted by Crippen LogP contribution is -1.85. The van der Waals surface area contributed by atoms with Crippen LogP contribution >= 0.6 is 12.2 Å². The van der Waals surface area contributed by atoms with E-state index in [1.165, 1.54) is 24.8 Å². The minimum atomic E-state index is 0.778. The summed E-state index contributed by atoms with van der Waals surface area (Å²) in [4.78, 5) is 3.90. The highest BCUT2D eigenvalue weighted by Gasteiger charge is 1.93. The zero-order valence-corrected chi connectivity index (χ0v) is 14.6. The van der Waals surface area contributed by atoms with Crippen LogP contribution in [0.4, 0.5) is 5.69 Å². The van der Waals surface area contributed by atoms with Crippen LogP contribution in [0.3, 0.4) is 0 Å². The number of thiocarbonyl (C=S) groups is 1. The molecule has 0 aliphatic carbocycles. The molecule has 0 aromatic heterocycles. The Morgan fingerprint density at radius 1 is 0.833 bits per heavy atom. The van der Waals surface area contributed by atoms with E-state index in [9.17, 15) is 0 Å². The molecule has 0 heterocycles. The molecule has 2 heteroatoms. The average molecular weight is 329 g/mol. The van der Waals surface area contributed by atoms with Crippen LogP contribution in [0.1, 0.15) is 42.9 Å². The van der Waals surface area contributed by atoms with Crippen LogP contribution in [0.15, 0.2) is 53.5 Å². The number of nitrogens with zero attached hydrogens (tertiary/aromatic N) is 1. The molecule has 0 atom stereocenters. The van der Waals surface area contributed by atoms with E-state index in [4.69, 9.17) is 0 Å². The van der Waals surface area contributed by atoms with Gasteiger partial charge in [0.1, 0.15) is 0 Å². The molecular weight excluding hydrogens is 310 g/mol. The van der Waals surface area contributed by atoms with Crippen LogP contribution in [0.2, 0.25) is 0 Å². The standard InChI is InChI=1S/C22H19NS/c1-2-3-4-7-19-10-12-20(13-11-19)8-5-6-9-21-14-16-22(17-15-21)23-18-24/h10-17H,2-4,7H2,1H3. The van der Waals surface area contributed by atoms with Crippen LogP contribution in [0, 0.1) is 23.7 Å². The van der Waals surface area contributed by atoms with E-state index in [2.05, 4.69) is 77.2 Å². The van der Waals surface area contributed by atoms with Crippen molar-refractivity contribution < 1.29 is 0 Å². The van der Waals surface area contributed by atoms with Crippen LogP contribution < -0.4 is 0 Å². The third-order valence-corrected chi connectivity index (χ3v) is 3.63. The number of rotatable bonds is 5. The molecule has 0 aliphatic rings.